The Morgan fingerprint density at radius 1 is 1.45 bits per heavy atom. The summed E-state index contributed by atoms with van der Waals surface area (Å²) in [7, 11) is 0. The molecular weight excluding hydrogens is 288 g/mol. The first-order valence-corrected chi connectivity index (χ1v) is 7.64. The number of carbonyl (C=O) groups is 1. The molecule has 4 nitrogen and oxygen atoms in total. The Hall–Kier alpha value is -1.69. The van der Waals surface area contributed by atoms with Crippen LogP contribution in [0, 0.1) is 11.6 Å². The highest BCUT2D eigenvalue weighted by Gasteiger charge is 2.32. The molecule has 22 heavy (non-hydrogen) atoms. The Morgan fingerprint density at radius 3 is 2.68 bits per heavy atom. The van der Waals surface area contributed by atoms with Gasteiger partial charge in [0, 0.05) is 19.1 Å². The molecular formula is C16H23F2N3O. The minimum absolute atomic E-state index is 0.0247. The van der Waals surface area contributed by atoms with Crippen molar-refractivity contribution in [2.45, 2.75) is 44.7 Å². The van der Waals surface area contributed by atoms with E-state index in [1.54, 1.807) is 11.8 Å². The van der Waals surface area contributed by atoms with Gasteiger partial charge in [-0.15, -0.1) is 0 Å². The lowest BCUT2D eigenvalue weighted by Gasteiger charge is -2.26. The summed E-state index contributed by atoms with van der Waals surface area (Å²) in [6, 6.07) is 3.67. The number of amides is 1. The van der Waals surface area contributed by atoms with Crippen molar-refractivity contribution in [2.75, 3.05) is 18.0 Å². The fourth-order valence-corrected chi connectivity index (χ4v) is 2.86. The monoisotopic (exact) mass is 311 g/mol. The van der Waals surface area contributed by atoms with Crippen molar-refractivity contribution in [2.24, 2.45) is 5.73 Å². The van der Waals surface area contributed by atoms with Crippen LogP contribution in [0.5, 0.6) is 0 Å². The van der Waals surface area contributed by atoms with Gasteiger partial charge in [0.1, 0.15) is 17.3 Å². The van der Waals surface area contributed by atoms with Crippen LogP contribution in [0.4, 0.5) is 14.5 Å². The Kier molecular flexibility index (Phi) is 5.01. The molecule has 6 heteroatoms. The molecule has 1 amide bonds. The maximum absolute atomic E-state index is 13.8. The van der Waals surface area contributed by atoms with E-state index in [-0.39, 0.29) is 17.6 Å². The molecule has 1 aliphatic rings. The maximum atomic E-state index is 13.8. The number of hydrogen-bond acceptors (Lipinski definition) is 3. The average Bonchev–Trinajstić information content (AvgIpc) is 2.86. The van der Waals surface area contributed by atoms with Crippen LogP contribution in [0.1, 0.15) is 33.1 Å². The van der Waals surface area contributed by atoms with E-state index in [0.717, 1.165) is 6.42 Å². The number of rotatable bonds is 5. The summed E-state index contributed by atoms with van der Waals surface area (Å²) in [6.07, 6.45) is 2.05. The second-order valence-electron chi connectivity index (χ2n) is 6.14. The van der Waals surface area contributed by atoms with Crippen molar-refractivity contribution in [1.29, 1.82) is 0 Å². The quantitative estimate of drug-likeness (QED) is 0.876. The van der Waals surface area contributed by atoms with Gasteiger partial charge in [-0.3, -0.25) is 4.79 Å². The van der Waals surface area contributed by atoms with E-state index in [1.807, 2.05) is 6.92 Å². The first-order chi connectivity index (χ1) is 10.3. The molecule has 0 aromatic heterocycles. The number of nitrogens with one attached hydrogen (secondary N) is 1. The molecule has 1 aromatic rings. The third kappa shape index (κ3) is 3.55. The summed E-state index contributed by atoms with van der Waals surface area (Å²) in [6.45, 7) is 4.55. The SMILES string of the molecule is CCCC(C)(N)C(=O)NC1CCN(c2c(F)cccc2F)C1. The lowest BCUT2D eigenvalue weighted by molar-refractivity contribution is -0.126. The predicted octanol–water partition coefficient (Wildman–Crippen LogP) is 2.18. The van der Waals surface area contributed by atoms with E-state index in [1.165, 1.54) is 18.2 Å². The Morgan fingerprint density at radius 2 is 2.09 bits per heavy atom. The summed E-state index contributed by atoms with van der Waals surface area (Å²) < 4.78 is 27.6. The zero-order valence-corrected chi connectivity index (χ0v) is 13.0. The highest BCUT2D eigenvalue weighted by atomic mass is 19.1. The molecule has 1 fully saturated rings. The summed E-state index contributed by atoms with van der Waals surface area (Å²) in [5, 5.41) is 2.89. The summed E-state index contributed by atoms with van der Waals surface area (Å²) in [5.41, 5.74) is 5.06. The molecule has 1 heterocycles. The Bertz CT molecular complexity index is 528. The molecule has 0 bridgehead atoms. The number of para-hydroxylation sites is 1. The van der Waals surface area contributed by atoms with E-state index in [4.69, 9.17) is 5.73 Å². The normalized spacial score (nSPS) is 20.8. The lowest BCUT2D eigenvalue weighted by atomic mass is 9.96. The predicted molar refractivity (Wildman–Crippen MR) is 82.6 cm³/mol. The van der Waals surface area contributed by atoms with Crippen LogP contribution >= 0.6 is 0 Å². The smallest absolute Gasteiger partial charge is 0.240 e. The molecule has 0 radical (unpaired) electrons. The van der Waals surface area contributed by atoms with Crippen LogP contribution in [0.3, 0.4) is 0 Å². The third-order valence-corrected chi connectivity index (χ3v) is 4.07. The van der Waals surface area contributed by atoms with Crippen LogP contribution in [0.15, 0.2) is 18.2 Å². The first kappa shape index (κ1) is 16.7. The van der Waals surface area contributed by atoms with E-state index < -0.39 is 17.2 Å². The Balaban J connectivity index is 2.00. The van der Waals surface area contributed by atoms with Crippen LogP contribution in [0.2, 0.25) is 0 Å². The summed E-state index contributed by atoms with van der Waals surface area (Å²) in [4.78, 5) is 13.8. The highest BCUT2D eigenvalue weighted by molar-refractivity contribution is 5.85. The molecule has 122 valence electrons. The summed E-state index contributed by atoms with van der Waals surface area (Å²) in [5.74, 6) is -1.38. The molecule has 0 aliphatic carbocycles. The van der Waals surface area contributed by atoms with Crippen molar-refractivity contribution >= 4 is 11.6 Å². The lowest BCUT2D eigenvalue weighted by Crippen LogP contribution is -2.54. The van der Waals surface area contributed by atoms with Gasteiger partial charge in [0.2, 0.25) is 5.91 Å². The van der Waals surface area contributed by atoms with Crippen molar-refractivity contribution in [3.8, 4) is 0 Å². The second kappa shape index (κ2) is 6.60. The summed E-state index contributed by atoms with van der Waals surface area (Å²) >= 11 is 0. The van der Waals surface area contributed by atoms with Crippen LogP contribution in [-0.2, 0) is 4.79 Å². The van der Waals surface area contributed by atoms with E-state index >= 15 is 0 Å². The van der Waals surface area contributed by atoms with Crippen molar-refractivity contribution in [3.63, 3.8) is 0 Å². The third-order valence-electron chi connectivity index (χ3n) is 4.07. The number of benzene rings is 1. The van der Waals surface area contributed by atoms with Gasteiger partial charge < -0.3 is 16.0 Å². The largest absolute Gasteiger partial charge is 0.365 e. The fraction of sp³-hybridized carbons (Fsp3) is 0.562. The number of anilines is 1. The van der Waals surface area contributed by atoms with Gasteiger partial charge in [-0.1, -0.05) is 19.4 Å². The van der Waals surface area contributed by atoms with Gasteiger partial charge in [0.05, 0.1) is 5.54 Å². The van der Waals surface area contributed by atoms with Crippen LogP contribution in [-0.4, -0.2) is 30.6 Å². The Labute approximate surface area is 129 Å². The fourth-order valence-electron chi connectivity index (χ4n) is 2.86. The zero-order valence-electron chi connectivity index (χ0n) is 13.0. The molecule has 1 aromatic carbocycles. The van der Waals surface area contributed by atoms with Crippen molar-refractivity contribution in [1.82, 2.24) is 5.32 Å². The molecule has 1 aliphatic heterocycles. The molecule has 0 saturated carbocycles. The first-order valence-electron chi connectivity index (χ1n) is 7.64. The molecule has 2 rings (SSSR count). The average molecular weight is 311 g/mol. The van der Waals surface area contributed by atoms with Crippen molar-refractivity contribution < 1.29 is 13.6 Å². The van der Waals surface area contributed by atoms with Gasteiger partial charge in [-0.05, 0) is 31.9 Å². The minimum Gasteiger partial charge on any atom is -0.365 e. The van der Waals surface area contributed by atoms with E-state index in [2.05, 4.69) is 5.32 Å². The van der Waals surface area contributed by atoms with E-state index in [9.17, 15) is 13.6 Å². The van der Waals surface area contributed by atoms with Crippen LogP contribution < -0.4 is 16.0 Å². The van der Waals surface area contributed by atoms with Gasteiger partial charge in [0.25, 0.3) is 0 Å². The molecule has 3 N–H and O–H groups in total. The number of carbonyl (C=O) groups excluding carboxylic acids is 1. The van der Waals surface area contributed by atoms with Gasteiger partial charge in [-0.2, -0.15) is 0 Å². The molecule has 2 unspecified atom stereocenters. The number of nitrogens with two attached hydrogens (primary N) is 1. The van der Waals surface area contributed by atoms with Gasteiger partial charge in [-0.25, -0.2) is 8.78 Å². The van der Waals surface area contributed by atoms with Gasteiger partial charge >= 0.3 is 0 Å². The second-order valence-corrected chi connectivity index (χ2v) is 6.14. The number of hydrogen-bond donors (Lipinski definition) is 2. The molecule has 1 saturated heterocycles. The zero-order chi connectivity index (χ0) is 16.3. The van der Waals surface area contributed by atoms with Crippen LogP contribution in [0.25, 0.3) is 0 Å². The molecule has 0 spiro atoms. The number of halogens is 2. The maximum Gasteiger partial charge on any atom is 0.240 e. The number of nitrogens with zero attached hydrogens (tertiary/aromatic N) is 1. The van der Waals surface area contributed by atoms with Gasteiger partial charge in [0.15, 0.2) is 0 Å². The minimum atomic E-state index is -0.911. The van der Waals surface area contributed by atoms with E-state index in [0.29, 0.717) is 25.9 Å². The molecule has 2 atom stereocenters. The standard InChI is InChI=1S/C16H23F2N3O/c1-3-8-16(2,19)15(22)20-11-7-9-21(10-11)14-12(17)5-4-6-13(14)18/h4-6,11H,3,7-10,19H2,1-2H3,(H,20,22). The highest BCUT2D eigenvalue weighted by Crippen LogP contribution is 2.26. The van der Waals surface area contributed by atoms with Crippen molar-refractivity contribution in [3.05, 3.63) is 29.8 Å². The topological polar surface area (TPSA) is 58.4 Å².